The Balaban J connectivity index is 2.12. The summed E-state index contributed by atoms with van der Waals surface area (Å²) in [6, 6.07) is 9.94. The molecule has 0 aliphatic carbocycles. The molecular formula is C14H14ClNO. The summed E-state index contributed by atoms with van der Waals surface area (Å²) in [6.45, 7) is 4.65. The zero-order valence-electron chi connectivity index (χ0n) is 9.90. The monoisotopic (exact) mass is 247 g/mol. The molecule has 0 aliphatic heterocycles. The van der Waals surface area contributed by atoms with Gasteiger partial charge in [0.25, 0.3) is 0 Å². The lowest BCUT2D eigenvalue weighted by atomic mass is 10.1. The summed E-state index contributed by atoms with van der Waals surface area (Å²) < 4.78 is 5.66. The molecular weight excluding hydrogens is 234 g/mol. The molecule has 0 saturated heterocycles. The molecule has 2 nitrogen and oxygen atoms in total. The number of ether oxygens (including phenoxy) is 1. The molecule has 2 aromatic rings. The highest BCUT2D eigenvalue weighted by molar-refractivity contribution is 6.30. The highest BCUT2D eigenvalue weighted by atomic mass is 35.5. The van der Waals surface area contributed by atoms with Gasteiger partial charge in [0.1, 0.15) is 6.61 Å². The van der Waals surface area contributed by atoms with Crippen LogP contribution in [0, 0.1) is 13.8 Å². The molecule has 0 radical (unpaired) electrons. The molecule has 0 fully saturated rings. The SMILES string of the molecule is Cc1ccc(C)c(COc2cccnc2Cl)c1. The van der Waals surface area contributed by atoms with E-state index in [2.05, 4.69) is 37.0 Å². The van der Waals surface area contributed by atoms with Gasteiger partial charge in [0.05, 0.1) is 0 Å². The maximum absolute atomic E-state index is 5.93. The molecule has 0 bridgehead atoms. The van der Waals surface area contributed by atoms with E-state index in [4.69, 9.17) is 16.3 Å². The topological polar surface area (TPSA) is 22.1 Å². The minimum Gasteiger partial charge on any atom is -0.486 e. The van der Waals surface area contributed by atoms with Crippen LogP contribution in [0.5, 0.6) is 5.75 Å². The minimum atomic E-state index is 0.401. The Morgan fingerprint density at radius 2 is 2.06 bits per heavy atom. The molecule has 1 aromatic carbocycles. The fraction of sp³-hybridized carbons (Fsp3) is 0.214. The zero-order chi connectivity index (χ0) is 12.3. The average molecular weight is 248 g/mol. The van der Waals surface area contributed by atoms with Gasteiger partial charge >= 0.3 is 0 Å². The van der Waals surface area contributed by atoms with Crippen molar-refractivity contribution in [3.05, 3.63) is 58.4 Å². The van der Waals surface area contributed by atoms with Gasteiger partial charge in [-0.15, -0.1) is 0 Å². The lowest BCUT2D eigenvalue weighted by Crippen LogP contribution is -1.99. The van der Waals surface area contributed by atoms with Crippen molar-refractivity contribution < 1.29 is 4.74 Å². The van der Waals surface area contributed by atoms with Crippen LogP contribution in [0.15, 0.2) is 36.5 Å². The third-order valence-electron chi connectivity index (χ3n) is 2.61. The van der Waals surface area contributed by atoms with Crippen molar-refractivity contribution in [3.63, 3.8) is 0 Å². The molecule has 0 unspecified atom stereocenters. The molecule has 0 atom stereocenters. The summed E-state index contributed by atoms with van der Waals surface area (Å²) in [6.07, 6.45) is 1.65. The standard InChI is InChI=1S/C14H14ClNO/c1-10-5-6-11(2)12(8-10)9-17-13-4-3-7-16-14(13)15/h3-8H,9H2,1-2H3. The van der Waals surface area contributed by atoms with E-state index in [9.17, 15) is 0 Å². The molecule has 0 amide bonds. The molecule has 1 heterocycles. The van der Waals surface area contributed by atoms with E-state index in [1.54, 1.807) is 6.20 Å². The van der Waals surface area contributed by atoms with E-state index in [1.165, 1.54) is 16.7 Å². The van der Waals surface area contributed by atoms with Gasteiger partial charge in [-0.1, -0.05) is 35.4 Å². The van der Waals surface area contributed by atoms with E-state index in [-0.39, 0.29) is 0 Å². The molecule has 2 rings (SSSR count). The first-order valence-corrected chi connectivity index (χ1v) is 5.84. The molecule has 1 aromatic heterocycles. The molecule has 88 valence electrons. The smallest absolute Gasteiger partial charge is 0.171 e. The van der Waals surface area contributed by atoms with E-state index < -0.39 is 0 Å². The Morgan fingerprint density at radius 1 is 1.24 bits per heavy atom. The van der Waals surface area contributed by atoms with Crippen molar-refractivity contribution >= 4 is 11.6 Å². The number of rotatable bonds is 3. The number of hydrogen-bond acceptors (Lipinski definition) is 2. The first-order chi connectivity index (χ1) is 8.16. The van der Waals surface area contributed by atoms with Crippen molar-refractivity contribution in [2.75, 3.05) is 0 Å². The van der Waals surface area contributed by atoms with Gasteiger partial charge in [0, 0.05) is 6.20 Å². The highest BCUT2D eigenvalue weighted by Crippen LogP contribution is 2.22. The Morgan fingerprint density at radius 3 is 2.82 bits per heavy atom. The maximum Gasteiger partial charge on any atom is 0.171 e. The van der Waals surface area contributed by atoms with Crippen molar-refractivity contribution in [2.24, 2.45) is 0 Å². The fourth-order valence-electron chi connectivity index (χ4n) is 1.59. The van der Waals surface area contributed by atoms with Gasteiger partial charge < -0.3 is 4.74 Å². The largest absolute Gasteiger partial charge is 0.486 e. The Labute approximate surface area is 106 Å². The number of aryl methyl sites for hydroxylation is 2. The zero-order valence-corrected chi connectivity index (χ0v) is 10.7. The molecule has 0 N–H and O–H groups in total. The third kappa shape index (κ3) is 2.98. The Bertz CT molecular complexity index is 525. The number of hydrogen-bond donors (Lipinski definition) is 0. The van der Waals surface area contributed by atoms with E-state index in [0.717, 1.165) is 0 Å². The number of halogens is 1. The molecule has 0 saturated carbocycles. The fourth-order valence-corrected chi connectivity index (χ4v) is 1.76. The van der Waals surface area contributed by atoms with E-state index in [1.807, 2.05) is 12.1 Å². The van der Waals surface area contributed by atoms with Crippen LogP contribution in [0.2, 0.25) is 5.15 Å². The van der Waals surface area contributed by atoms with Gasteiger partial charge in [-0.05, 0) is 37.1 Å². The van der Waals surface area contributed by atoms with Crippen LogP contribution in [-0.4, -0.2) is 4.98 Å². The quantitative estimate of drug-likeness (QED) is 0.767. The van der Waals surface area contributed by atoms with Gasteiger partial charge in [-0.3, -0.25) is 0 Å². The number of benzene rings is 1. The van der Waals surface area contributed by atoms with E-state index >= 15 is 0 Å². The van der Waals surface area contributed by atoms with Crippen LogP contribution < -0.4 is 4.74 Å². The van der Waals surface area contributed by atoms with Crippen LogP contribution in [-0.2, 0) is 6.61 Å². The van der Waals surface area contributed by atoms with Gasteiger partial charge in [-0.2, -0.15) is 0 Å². The summed E-state index contributed by atoms with van der Waals surface area (Å²) in [5.74, 6) is 0.620. The third-order valence-corrected chi connectivity index (χ3v) is 2.90. The number of nitrogens with zero attached hydrogens (tertiary/aromatic N) is 1. The first-order valence-electron chi connectivity index (χ1n) is 5.46. The van der Waals surface area contributed by atoms with E-state index in [0.29, 0.717) is 17.5 Å². The van der Waals surface area contributed by atoms with Crippen LogP contribution in [0.25, 0.3) is 0 Å². The normalized spacial score (nSPS) is 10.3. The summed E-state index contributed by atoms with van der Waals surface area (Å²) in [5.41, 5.74) is 3.62. The van der Waals surface area contributed by atoms with Crippen molar-refractivity contribution in [1.29, 1.82) is 0 Å². The molecule has 0 aliphatic rings. The summed E-state index contributed by atoms with van der Waals surface area (Å²) >= 11 is 5.93. The first kappa shape index (κ1) is 11.9. The van der Waals surface area contributed by atoms with Crippen LogP contribution in [0.1, 0.15) is 16.7 Å². The summed E-state index contributed by atoms with van der Waals surface area (Å²) in [4.78, 5) is 3.97. The molecule has 17 heavy (non-hydrogen) atoms. The average Bonchev–Trinajstić information content (AvgIpc) is 2.32. The van der Waals surface area contributed by atoms with Crippen molar-refractivity contribution in [2.45, 2.75) is 20.5 Å². The second-order valence-corrected chi connectivity index (χ2v) is 4.37. The molecule has 3 heteroatoms. The van der Waals surface area contributed by atoms with Crippen LogP contribution in [0.4, 0.5) is 0 Å². The highest BCUT2D eigenvalue weighted by Gasteiger charge is 2.03. The maximum atomic E-state index is 5.93. The predicted molar refractivity (Wildman–Crippen MR) is 69.5 cm³/mol. The Kier molecular flexibility index (Phi) is 3.64. The van der Waals surface area contributed by atoms with Crippen LogP contribution in [0.3, 0.4) is 0 Å². The van der Waals surface area contributed by atoms with Crippen LogP contribution >= 0.6 is 11.6 Å². The van der Waals surface area contributed by atoms with Gasteiger partial charge in [-0.25, -0.2) is 4.98 Å². The Hall–Kier alpha value is -1.54. The predicted octanol–water partition coefficient (Wildman–Crippen LogP) is 3.93. The van der Waals surface area contributed by atoms with Crippen molar-refractivity contribution in [1.82, 2.24) is 4.98 Å². The van der Waals surface area contributed by atoms with Gasteiger partial charge in [0.2, 0.25) is 0 Å². The lowest BCUT2D eigenvalue weighted by molar-refractivity contribution is 0.304. The minimum absolute atomic E-state index is 0.401. The summed E-state index contributed by atoms with van der Waals surface area (Å²) in [5, 5.41) is 0.401. The number of pyridine rings is 1. The van der Waals surface area contributed by atoms with Gasteiger partial charge in [0.15, 0.2) is 10.9 Å². The molecule has 0 spiro atoms. The number of aromatic nitrogens is 1. The lowest BCUT2D eigenvalue weighted by Gasteiger charge is -2.10. The second kappa shape index (κ2) is 5.19. The summed E-state index contributed by atoms with van der Waals surface area (Å²) in [7, 11) is 0. The second-order valence-electron chi connectivity index (χ2n) is 4.01. The van der Waals surface area contributed by atoms with Crippen molar-refractivity contribution in [3.8, 4) is 5.75 Å².